The fraction of sp³-hybridized carbons (Fsp3) is 0.133. The van der Waals surface area contributed by atoms with E-state index in [1.165, 1.54) is 10.5 Å². The van der Waals surface area contributed by atoms with Crippen LogP contribution in [0.1, 0.15) is 5.56 Å². The summed E-state index contributed by atoms with van der Waals surface area (Å²) >= 11 is 5.19. The van der Waals surface area contributed by atoms with Crippen LogP contribution in [0, 0.1) is 0 Å². The van der Waals surface area contributed by atoms with Crippen LogP contribution in [0.15, 0.2) is 57.0 Å². The Balaban J connectivity index is 1.95. The maximum absolute atomic E-state index is 4.61. The molecule has 5 heteroatoms. The van der Waals surface area contributed by atoms with E-state index in [1.54, 1.807) is 11.8 Å². The van der Waals surface area contributed by atoms with Crippen molar-refractivity contribution in [1.82, 2.24) is 15.3 Å². The Morgan fingerprint density at radius 2 is 2.10 bits per heavy atom. The van der Waals surface area contributed by atoms with E-state index in [4.69, 9.17) is 0 Å². The number of hydrogen-bond donors (Lipinski definition) is 2. The van der Waals surface area contributed by atoms with E-state index in [0.29, 0.717) is 0 Å². The summed E-state index contributed by atoms with van der Waals surface area (Å²) in [4.78, 5) is 9.16. The van der Waals surface area contributed by atoms with Crippen molar-refractivity contribution in [3.05, 3.63) is 52.5 Å². The van der Waals surface area contributed by atoms with Crippen LogP contribution in [-0.2, 0) is 6.54 Å². The Kier molecular flexibility index (Phi) is 4.10. The molecule has 0 aliphatic carbocycles. The maximum atomic E-state index is 4.61. The summed E-state index contributed by atoms with van der Waals surface area (Å²) in [6.07, 6.45) is 0. The van der Waals surface area contributed by atoms with Gasteiger partial charge < -0.3 is 10.3 Å². The van der Waals surface area contributed by atoms with Gasteiger partial charge in [-0.1, -0.05) is 45.9 Å². The zero-order chi connectivity index (χ0) is 13.9. The summed E-state index contributed by atoms with van der Waals surface area (Å²) in [6.45, 7) is 0.843. The lowest BCUT2D eigenvalue weighted by Gasteiger charge is -2.07. The molecule has 0 aliphatic heterocycles. The van der Waals surface area contributed by atoms with Crippen LogP contribution in [0.3, 0.4) is 0 Å². The van der Waals surface area contributed by atoms with Gasteiger partial charge in [-0.15, -0.1) is 0 Å². The van der Waals surface area contributed by atoms with Gasteiger partial charge in [0.05, 0.1) is 11.0 Å². The van der Waals surface area contributed by atoms with Crippen molar-refractivity contribution in [2.24, 2.45) is 0 Å². The summed E-state index contributed by atoms with van der Waals surface area (Å²) in [5, 5.41) is 4.12. The summed E-state index contributed by atoms with van der Waals surface area (Å²) < 4.78 is 1.08. The third-order valence-corrected chi connectivity index (χ3v) is 4.45. The Bertz CT molecular complexity index is 706. The van der Waals surface area contributed by atoms with Crippen molar-refractivity contribution in [2.45, 2.75) is 16.6 Å². The largest absolute Gasteiger partial charge is 0.333 e. The molecule has 0 amide bonds. The second-order valence-electron chi connectivity index (χ2n) is 4.44. The predicted molar refractivity (Wildman–Crippen MR) is 87.1 cm³/mol. The molecular formula is C15H14BrN3S. The molecule has 0 saturated heterocycles. The minimum Gasteiger partial charge on any atom is -0.333 e. The van der Waals surface area contributed by atoms with Crippen LogP contribution in [0.5, 0.6) is 0 Å². The second kappa shape index (κ2) is 5.99. The van der Waals surface area contributed by atoms with Gasteiger partial charge in [0.15, 0.2) is 5.16 Å². The zero-order valence-electron chi connectivity index (χ0n) is 11.0. The van der Waals surface area contributed by atoms with Gasteiger partial charge in [0.25, 0.3) is 0 Å². The fourth-order valence-electron chi connectivity index (χ4n) is 2.04. The number of aromatic amines is 1. The molecule has 0 saturated carbocycles. The van der Waals surface area contributed by atoms with Crippen molar-refractivity contribution < 1.29 is 0 Å². The lowest BCUT2D eigenvalue weighted by molar-refractivity contribution is 0.802. The van der Waals surface area contributed by atoms with Gasteiger partial charge >= 0.3 is 0 Å². The monoisotopic (exact) mass is 347 g/mol. The number of nitrogens with one attached hydrogen (secondary N) is 2. The molecule has 0 radical (unpaired) electrons. The fourth-order valence-corrected chi connectivity index (χ4v) is 3.52. The van der Waals surface area contributed by atoms with Crippen molar-refractivity contribution >= 4 is 38.7 Å². The number of fused-ring (bicyclic) bond motifs is 1. The molecule has 2 aromatic carbocycles. The second-order valence-corrected chi connectivity index (χ2v) is 6.39. The average Bonchev–Trinajstić information content (AvgIpc) is 2.84. The number of para-hydroxylation sites is 2. The Morgan fingerprint density at radius 3 is 2.90 bits per heavy atom. The number of benzene rings is 2. The first-order valence-electron chi connectivity index (χ1n) is 6.32. The number of imidazole rings is 1. The number of H-pyrrole nitrogens is 1. The van der Waals surface area contributed by atoms with Crippen LogP contribution >= 0.6 is 27.7 Å². The molecule has 1 aromatic heterocycles. The van der Waals surface area contributed by atoms with Gasteiger partial charge in [-0.05, 0) is 36.9 Å². The van der Waals surface area contributed by atoms with E-state index in [2.05, 4.69) is 49.4 Å². The number of nitrogens with zero attached hydrogens (tertiary/aromatic N) is 1. The highest BCUT2D eigenvalue weighted by atomic mass is 79.9. The summed E-state index contributed by atoms with van der Waals surface area (Å²) in [7, 11) is 1.96. The summed E-state index contributed by atoms with van der Waals surface area (Å²) in [5.74, 6) is 0. The molecule has 0 bridgehead atoms. The SMILES string of the molecule is CNCc1ccc(Br)cc1Sc1nc2ccccc2[nH]1. The zero-order valence-corrected chi connectivity index (χ0v) is 13.4. The number of halogens is 1. The first-order valence-corrected chi connectivity index (χ1v) is 7.93. The first-order chi connectivity index (χ1) is 9.76. The normalized spacial score (nSPS) is 11.1. The first kappa shape index (κ1) is 13.7. The molecule has 3 aromatic rings. The molecule has 20 heavy (non-hydrogen) atoms. The quantitative estimate of drug-likeness (QED) is 0.743. The molecule has 0 unspecified atom stereocenters. The van der Waals surface area contributed by atoms with E-state index >= 15 is 0 Å². The average molecular weight is 348 g/mol. The van der Waals surface area contributed by atoms with Crippen LogP contribution < -0.4 is 5.32 Å². The van der Waals surface area contributed by atoms with E-state index in [0.717, 1.165) is 27.2 Å². The molecule has 0 spiro atoms. The summed E-state index contributed by atoms with van der Waals surface area (Å²) in [6, 6.07) is 14.4. The van der Waals surface area contributed by atoms with Crippen molar-refractivity contribution in [1.29, 1.82) is 0 Å². The van der Waals surface area contributed by atoms with Gasteiger partial charge in [0.2, 0.25) is 0 Å². The molecule has 3 rings (SSSR count). The van der Waals surface area contributed by atoms with E-state index in [9.17, 15) is 0 Å². The number of hydrogen-bond acceptors (Lipinski definition) is 3. The van der Waals surface area contributed by atoms with E-state index < -0.39 is 0 Å². The van der Waals surface area contributed by atoms with Crippen LogP contribution in [0.25, 0.3) is 11.0 Å². The van der Waals surface area contributed by atoms with Crippen LogP contribution in [0.2, 0.25) is 0 Å². The molecule has 1 heterocycles. The molecule has 0 atom stereocenters. The molecular weight excluding hydrogens is 334 g/mol. The van der Waals surface area contributed by atoms with Crippen LogP contribution in [-0.4, -0.2) is 17.0 Å². The Morgan fingerprint density at radius 1 is 1.25 bits per heavy atom. The lowest BCUT2D eigenvalue weighted by Crippen LogP contribution is -2.06. The van der Waals surface area contributed by atoms with Crippen molar-refractivity contribution in [2.75, 3.05) is 7.05 Å². The molecule has 3 nitrogen and oxygen atoms in total. The van der Waals surface area contributed by atoms with Gasteiger partial charge in [0, 0.05) is 15.9 Å². The van der Waals surface area contributed by atoms with E-state index in [-0.39, 0.29) is 0 Å². The maximum Gasteiger partial charge on any atom is 0.171 e. The standard InChI is InChI=1S/C15H14BrN3S/c1-17-9-10-6-7-11(16)8-14(10)20-15-18-12-4-2-3-5-13(12)19-15/h2-8,17H,9H2,1H3,(H,18,19). The highest BCUT2D eigenvalue weighted by Crippen LogP contribution is 2.32. The Hall–Kier alpha value is -1.30. The molecule has 2 N–H and O–H groups in total. The van der Waals surface area contributed by atoms with Gasteiger partial charge in [-0.3, -0.25) is 0 Å². The Labute approximate surface area is 130 Å². The van der Waals surface area contributed by atoms with Crippen LogP contribution in [0.4, 0.5) is 0 Å². The predicted octanol–water partition coefficient (Wildman–Crippen LogP) is 4.20. The molecule has 0 aliphatic rings. The third kappa shape index (κ3) is 2.90. The van der Waals surface area contributed by atoms with Crippen molar-refractivity contribution in [3.63, 3.8) is 0 Å². The highest BCUT2D eigenvalue weighted by molar-refractivity contribution is 9.10. The lowest BCUT2D eigenvalue weighted by atomic mass is 10.2. The topological polar surface area (TPSA) is 40.7 Å². The molecule has 0 fully saturated rings. The number of aromatic nitrogens is 2. The smallest absolute Gasteiger partial charge is 0.171 e. The minimum atomic E-state index is 0.843. The van der Waals surface area contributed by atoms with Gasteiger partial charge in [-0.2, -0.15) is 0 Å². The van der Waals surface area contributed by atoms with Gasteiger partial charge in [-0.25, -0.2) is 4.98 Å². The van der Waals surface area contributed by atoms with Gasteiger partial charge in [0.1, 0.15) is 0 Å². The van der Waals surface area contributed by atoms with E-state index in [1.807, 2.05) is 31.3 Å². The molecule has 102 valence electrons. The third-order valence-electron chi connectivity index (χ3n) is 2.97. The summed E-state index contributed by atoms with van der Waals surface area (Å²) in [5.41, 5.74) is 3.33. The highest BCUT2D eigenvalue weighted by Gasteiger charge is 2.08. The number of rotatable bonds is 4. The van der Waals surface area contributed by atoms with Crippen molar-refractivity contribution in [3.8, 4) is 0 Å². The minimum absolute atomic E-state index is 0.843.